The summed E-state index contributed by atoms with van der Waals surface area (Å²) in [4.78, 5) is 12.3. The lowest BCUT2D eigenvalue weighted by molar-refractivity contribution is -0.118. The summed E-state index contributed by atoms with van der Waals surface area (Å²) >= 11 is 0. The summed E-state index contributed by atoms with van der Waals surface area (Å²) in [6.45, 7) is 0. The molecule has 2 atom stereocenters. The van der Waals surface area contributed by atoms with E-state index in [9.17, 15) is 4.79 Å². The molecule has 2 aromatic rings. The van der Waals surface area contributed by atoms with Crippen molar-refractivity contribution in [3.05, 3.63) is 42.7 Å². The van der Waals surface area contributed by atoms with Crippen molar-refractivity contribution in [2.75, 3.05) is 5.32 Å². The van der Waals surface area contributed by atoms with Gasteiger partial charge in [-0.25, -0.2) is 0 Å². The minimum absolute atomic E-state index is 0.0327. The summed E-state index contributed by atoms with van der Waals surface area (Å²) in [6, 6.07) is 7.53. The van der Waals surface area contributed by atoms with Gasteiger partial charge in [0, 0.05) is 18.7 Å². The third-order valence-corrected chi connectivity index (χ3v) is 3.59. The van der Waals surface area contributed by atoms with Gasteiger partial charge in [0.15, 0.2) is 5.82 Å². The number of para-hydroxylation sites is 1. The van der Waals surface area contributed by atoms with Crippen LogP contribution in [0.1, 0.15) is 6.42 Å². The number of hydrogen-bond donors (Lipinski definition) is 2. The molecule has 0 fully saturated rings. The number of aromatic nitrogens is 3. The van der Waals surface area contributed by atoms with Gasteiger partial charge in [-0.3, -0.25) is 4.79 Å². The summed E-state index contributed by atoms with van der Waals surface area (Å²) in [6.07, 6.45) is 6.02. The van der Waals surface area contributed by atoms with Gasteiger partial charge in [-0.1, -0.05) is 24.3 Å². The van der Waals surface area contributed by atoms with Crippen LogP contribution >= 0.6 is 0 Å². The number of benzene rings is 1. The van der Waals surface area contributed by atoms with E-state index in [2.05, 4.69) is 15.5 Å². The summed E-state index contributed by atoms with van der Waals surface area (Å²) in [5.74, 6) is 0.492. The van der Waals surface area contributed by atoms with Crippen molar-refractivity contribution in [3.63, 3.8) is 0 Å². The number of carbonyl (C=O) groups excluding carboxylic acids is 1. The van der Waals surface area contributed by atoms with Crippen LogP contribution in [0.5, 0.6) is 0 Å². The summed E-state index contributed by atoms with van der Waals surface area (Å²) in [7, 11) is 1.87. The van der Waals surface area contributed by atoms with Gasteiger partial charge in [0.1, 0.15) is 6.33 Å². The van der Waals surface area contributed by atoms with E-state index >= 15 is 0 Å². The Morgan fingerprint density at radius 1 is 1.38 bits per heavy atom. The molecule has 0 radical (unpaired) electrons. The zero-order chi connectivity index (χ0) is 14.8. The largest absolute Gasteiger partial charge is 0.325 e. The molecule has 0 spiro atoms. The number of anilines is 1. The summed E-state index contributed by atoms with van der Waals surface area (Å²) < 4.78 is 1.82. The number of amides is 1. The Labute approximate surface area is 122 Å². The SMILES string of the molecule is Cn1cnnc1-c1ccccc1NC(=O)C1C=CC(N)C1. The maximum atomic E-state index is 12.3. The Morgan fingerprint density at radius 3 is 2.86 bits per heavy atom. The molecule has 108 valence electrons. The van der Waals surface area contributed by atoms with Gasteiger partial charge in [0.2, 0.25) is 5.91 Å². The highest BCUT2D eigenvalue weighted by atomic mass is 16.1. The highest BCUT2D eigenvalue weighted by Crippen LogP contribution is 2.27. The minimum Gasteiger partial charge on any atom is -0.325 e. The lowest BCUT2D eigenvalue weighted by Gasteiger charge is -2.13. The van der Waals surface area contributed by atoms with Crippen LogP contribution < -0.4 is 11.1 Å². The van der Waals surface area contributed by atoms with Crippen LogP contribution in [0.3, 0.4) is 0 Å². The average Bonchev–Trinajstić information content (AvgIpc) is 3.08. The Morgan fingerprint density at radius 2 is 2.19 bits per heavy atom. The Bertz CT molecular complexity index is 691. The van der Waals surface area contributed by atoms with Crippen LogP contribution in [-0.4, -0.2) is 26.7 Å². The molecule has 6 heteroatoms. The number of nitrogens with zero attached hydrogens (tertiary/aromatic N) is 3. The molecule has 3 N–H and O–H groups in total. The Hall–Kier alpha value is -2.47. The maximum Gasteiger partial charge on any atom is 0.231 e. The average molecular weight is 283 g/mol. The lowest BCUT2D eigenvalue weighted by Crippen LogP contribution is -2.24. The van der Waals surface area contributed by atoms with Gasteiger partial charge < -0.3 is 15.6 Å². The second kappa shape index (κ2) is 5.49. The van der Waals surface area contributed by atoms with E-state index in [4.69, 9.17) is 5.73 Å². The Balaban J connectivity index is 1.85. The molecular weight excluding hydrogens is 266 g/mol. The molecule has 1 heterocycles. The van der Waals surface area contributed by atoms with E-state index in [1.54, 1.807) is 6.33 Å². The van der Waals surface area contributed by atoms with Crippen molar-refractivity contribution in [2.24, 2.45) is 18.7 Å². The van der Waals surface area contributed by atoms with Gasteiger partial charge in [-0.15, -0.1) is 10.2 Å². The minimum atomic E-state index is -0.174. The van der Waals surface area contributed by atoms with E-state index in [0.29, 0.717) is 12.2 Å². The molecule has 2 unspecified atom stereocenters. The molecule has 1 aliphatic carbocycles. The molecule has 1 aromatic heterocycles. The summed E-state index contributed by atoms with van der Waals surface area (Å²) in [5.41, 5.74) is 7.37. The maximum absolute atomic E-state index is 12.3. The molecule has 0 saturated heterocycles. The Kier molecular flexibility index (Phi) is 3.53. The standard InChI is InChI=1S/C15H17N5O/c1-20-9-17-19-14(20)12-4-2-3-5-13(12)18-15(21)10-6-7-11(16)8-10/h2-7,9-11H,8,16H2,1H3,(H,18,21). The molecule has 1 aliphatic rings. The predicted molar refractivity (Wildman–Crippen MR) is 80.3 cm³/mol. The smallest absolute Gasteiger partial charge is 0.231 e. The van der Waals surface area contributed by atoms with Crippen LogP contribution in [0.4, 0.5) is 5.69 Å². The highest BCUT2D eigenvalue weighted by molar-refractivity contribution is 5.97. The van der Waals surface area contributed by atoms with E-state index in [0.717, 1.165) is 11.3 Å². The van der Waals surface area contributed by atoms with Crippen molar-refractivity contribution in [1.29, 1.82) is 0 Å². The molecule has 0 aliphatic heterocycles. The van der Waals surface area contributed by atoms with Gasteiger partial charge in [-0.05, 0) is 18.6 Å². The van der Waals surface area contributed by atoms with E-state index in [1.165, 1.54) is 0 Å². The van der Waals surface area contributed by atoms with Crippen molar-refractivity contribution in [2.45, 2.75) is 12.5 Å². The molecule has 0 saturated carbocycles. The molecule has 1 amide bonds. The van der Waals surface area contributed by atoms with Crippen LogP contribution in [-0.2, 0) is 11.8 Å². The molecule has 0 bridgehead atoms. The number of hydrogen-bond acceptors (Lipinski definition) is 4. The molecule has 6 nitrogen and oxygen atoms in total. The second-order valence-electron chi connectivity index (χ2n) is 5.19. The highest BCUT2D eigenvalue weighted by Gasteiger charge is 2.23. The molecule has 1 aromatic carbocycles. The van der Waals surface area contributed by atoms with Crippen molar-refractivity contribution in [1.82, 2.24) is 14.8 Å². The second-order valence-corrected chi connectivity index (χ2v) is 5.19. The fourth-order valence-corrected chi connectivity index (χ4v) is 2.46. The molecular formula is C15H17N5O. The zero-order valence-electron chi connectivity index (χ0n) is 11.7. The van der Waals surface area contributed by atoms with Crippen LogP contribution in [0, 0.1) is 5.92 Å². The van der Waals surface area contributed by atoms with Crippen molar-refractivity contribution in [3.8, 4) is 11.4 Å². The van der Waals surface area contributed by atoms with Crippen LogP contribution in [0.2, 0.25) is 0 Å². The third-order valence-electron chi connectivity index (χ3n) is 3.59. The predicted octanol–water partition coefficient (Wildman–Crippen LogP) is 1.32. The number of carbonyl (C=O) groups is 1. The normalized spacial score (nSPS) is 20.7. The number of nitrogens with one attached hydrogen (secondary N) is 1. The fraction of sp³-hybridized carbons (Fsp3) is 0.267. The van der Waals surface area contributed by atoms with Gasteiger partial charge in [0.25, 0.3) is 0 Å². The van der Waals surface area contributed by atoms with Gasteiger partial charge in [-0.2, -0.15) is 0 Å². The first-order valence-corrected chi connectivity index (χ1v) is 6.83. The monoisotopic (exact) mass is 283 g/mol. The summed E-state index contributed by atoms with van der Waals surface area (Å²) in [5, 5.41) is 10.9. The first kappa shape index (κ1) is 13.5. The van der Waals surface area contributed by atoms with E-state index in [1.807, 2.05) is 48.0 Å². The van der Waals surface area contributed by atoms with Gasteiger partial charge in [0.05, 0.1) is 11.6 Å². The molecule has 3 rings (SSSR count). The topological polar surface area (TPSA) is 85.8 Å². The van der Waals surface area contributed by atoms with Crippen molar-refractivity contribution < 1.29 is 4.79 Å². The number of nitrogens with two attached hydrogens (primary N) is 1. The third kappa shape index (κ3) is 2.71. The zero-order valence-corrected chi connectivity index (χ0v) is 11.7. The first-order valence-electron chi connectivity index (χ1n) is 6.83. The van der Waals surface area contributed by atoms with Crippen LogP contribution in [0.15, 0.2) is 42.7 Å². The van der Waals surface area contributed by atoms with E-state index < -0.39 is 0 Å². The number of rotatable bonds is 3. The quantitative estimate of drug-likeness (QED) is 0.832. The molecule has 21 heavy (non-hydrogen) atoms. The number of aryl methyl sites for hydroxylation is 1. The lowest BCUT2D eigenvalue weighted by atomic mass is 10.1. The van der Waals surface area contributed by atoms with Crippen molar-refractivity contribution >= 4 is 11.6 Å². The van der Waals surface area contributed by atoms with E-state index in [-0.39, 0.29) is 17.9 Å². The first-order chi connectivity index (χ1) is 10.1. The fourth-order valence-electron chi connectivity index (χ4n) is 2.46. The van der Waals surface area contributed by atoms with Gasteiger partial charge >= 0.3 is 0 Å². The van der Waals surface area contributed by atoms with Crippen LogP contribution in [0.25, 0.3) is 11.4 Å².